The zero-order valence-electron chi connectivity index (χ0n) is 12.2. The summed E-state index contributed by atoms with van der Waals surface area (Å²) >= 11 is 0. The molecule has 0 aromatic heterocycles. The highest BCUT2D eigenvalue weighted by Gasteiger charge is 2.31. The summed E-state index contributed by atoms with van der Waals surface area (Å²) in [6.07, 6.45) is 1.34. The number of hydrogen-bond acceptors (Lipinski definition) is 4. The quantitative estimate of drug-likeness (QED) is 0.742. The van der Waals surface area contributed by atoms with Gasteiger partial charge in [-0.3, -0.25) is 4.79 Å². The van der Waals surface area contributed by atoms with Gasteiger partial charge in [0.05, 0.1) is 11.3 Å². The van der Waals surface area contributed by atoms with Crippen LogP contribution in [0.2, 0.25) is 0 Å². The van der Waals surface area contributed by atoms with Crippen LogP contribution in [0.3, 0.4) is 0 Å². The maximum Gasteiger partial charge on any atom is 0.239 e. The maximum atomic E-state index is 12.0. The summed E-state index contributed by atoms with van der Waals surface area (Å²) in [7, 11) is -1.35. The van der Waals surface area contributed by atoms with Gasteiger partial charge in [0.15, 0.2) is 0 Å². The first-order chi connectivity index (χ1) is 8.73. The van der Waals surface area contributed by atoms with Gasteiger partial charge < -0.3 is 10.6 Å². The first-order valence-corrected chi connectivity index (χ1v) is 8.31. The lowest BCUT2D eigenvalue weighted by molar-refractivity contribution is -0.127. The van der Waals surface area contributed by atoms with Crippen LogP contribution in [-0.2, 0) is 14.8 Å². The molecule has 0 bridgehead atoms. The fourth-order valence-electron chi connectivity index (χ4n) is 1.94. The molecular weight excluding hydrogens is 266 g/mol. The van der Waals surface area contributed by atoms with Gasteiger partial charge in [0.1, 0.15) is 0 Å². The number of sulfonamides is 1. The van der Waals surface area contributed by atoms with Crippen LogP contribution in [0.15, 0.2) is 0 Å². The topological polar surface area (TPSA) is 78.5 Å². The Morgan fingerprint density at radius 2 is 1.84 bits per heavy atom. The van der Waals surface area contributed by atoms with Crippen molar-refractivity contribution in [2.75, 3.05) is 25.9 Å². The lowest BCUT2D eigenvalue weighted by Crippen LogP contribution is -2.55. The van der Waals surface area contributed by atoms with Crippen molar-refractivity contribution in [1.82, 2.24) is 14.9 Å². The zero-order valence-corrected chi connectivity index (χ0v) is 13.0. The van der Waals surface area contributed by atoms with Crippen molar-refractivity contribution in [1.29, 1.82) is 0 Å². The average Bonchev–Trinajstić information content (AvgIpc) is 2.39. The van der Waals surface area contributed by atoms with Gasteiger partial charge in [-0.05, 0) is 40.7 Å². The fourth-order valence-corrected chi connectivity index (χ4v) is 3.07. The molecule has 0 spiro atoms. The SMILES string of the molecule is CCS(=O)(=O)N1CCC(NC(=O)C(C)(C)NC)CC1. The number of carbonyl (C=O) groups excluding carboxylic acids is 1. The van der Waals surface area contributed by atoms with E-state index in [1.54, 1.807) is 14.0 Å². The van der Waals surface area contributed by atoms with Crippen molar-refractivity contribution in [3.63, 3.8) is 0 Å². The number of piperidine rings is 1. The minimum Gasteiger partial charge on any atom is -0.352 e. The molecule has 0 atom stereocenters. The summed E-state index contributed by atoms with van der Waals surface area (Å²) in [5.41, 5.74) is -0.605. The van der Waals surface area contributed by atoms with Gasteiger partial charge in [-0.2, -0.15) is 0 Å². The number of nitrogens with one attached hydrogen (secondary N) is 2. The molecule has 2 N–H and O–H groups in total. The third kappa shape index (κ3) is 4.15. The third-order valence-electron chi connectivity index (χ3n) is 3.74. The summed E-state index contributed by atoms with van der Waals surface area (Å²) in [5.74, 6) is 0.0865. The Bertz CT molecular complexity index is 412. The number of amides is 1. The summed E-state index contributed by atoms with van der Waals surface area (Å²) in [5, 5.41) is 5.93. The molecule has 0 aromatic carbocycles. The van der Waals surface area contributed by atoms with E-state index < -0.39 is 15.6 Å². The molecule has 1 heterocycles. The van der Waals surface area contributed by atoms with E-state index in [0.29, 0.717) is 25.9 Å². The van der Waals surface area contributed by atoms with E-state index in [0.717, 1.165) is 0 Å². The second-order valence-electron chi connectivity index (χ2n) is 5.42. The van der Waals surface area contributed by atoms with Gasteiger partial charge in [0, 0.05) is 19.1 Å². The minimum atomic E-state index is -3.10. The highest BCUT2D eigenvalue weighted by atomic mass is 32.2. The van der Waals surface area contributed by atoms with E-state index >= 15 is 0 Å². The third-order valence-corrected chi connectivity index (χ3v) is 5.62. The molecule has 1 fully saturated rings. The monoisotopic (exact) mass is 291 g/mol. The smallest absolute Gasteiger partial charge is 0.239 e. The van der Waals surface area contributed by atoms with Crippen molar-refractivity contribution in [2.24, 2.45) is 0 Å². The number of nitrogens with zero attached hydrogens (tertiary/aromatic N) is 1. The van der Waals surface area contributed by atoms with E-state index in [9.17, 15) is 13.2 Å². The molecule has 0 unspecified atom stereocenters. The molecule has 1 saturated heterocycles. The number of carbonyl (C=O) groups is 1. The zero-order chi connectivity index (χ0) is 14.7. The van der Waals surface area contributed by atoms with Crippen LogP contribution < -0.4 is 10.6 Å². The molecule has 7 heteroatoms. The van der Waals surface area contributed by atoms with Gasteiger partial charge in [0.25, 0.3) is 0 Å². The second-order valence-corrected chi connectivity index (χ2v) is 7.68. The normalized spacial score (nSPS) is 19.4. The Morgan fingerprint density at radius 3 is 2.26 bits per heavy atom. The van der Waals surface area contributed by atoms with Gasteiger partial charge in [0.2, 0.25) is 15.9 Å². The van der Waals surface area contributed by atoms with Crippen LogP contribution in [0.1, 0.15) is 33.6 Å². The predicted octanol–water partition coefficient (Wildman–Crippen LogP) is -0.0853. The van der Waals surface area contributed by atoms with E-state index in [4.69, 9.17) is 0 Å². The van der Waals surface area contributed by atoms with E-state index in [1.807, 2.05) is 13.8 Å². The van der Waals surface area contributed by atoms with E-state index in [1.165, 1.54) is 4.31 Å². The summed E-state index contributed by atoms with van der Waals surface area (Å²) in [4.78, 5) is 12.0. The molecule has 1 aliphatic heterocycles. The van der Waals surface area contributed by atoms with Gasteiger partial charge in [-0.25, -0.2) is 12.7 Å². The molecule has 19 heavy (non-hydrogen) atoms. The molecule has 0 aliphatic carbocycles. The number of likely N-dealkylation sites (N-methyl/N-ethyl adjacent to an activating group) is 1. The Morgan fingerprint density at radius 1 is 1.32 bits per heavy atom. The van der Waals surface area contributed by atoms with Crippen molar-refractivity contribution in [3.05, 3.63) is 0 Å². The number of rotatable bonds is 5. The first-order valence-electron chi connectivity index (χ1n) is 6.70. The number of hydrogen-bond donors (Lipinski definition) is 2. The van der Waals surface area contributed by atoms with Crippen molar-refractivity contribution >= 4 is 15.9 Å². The van der Waals surface area contributed by atoms with Crippen LogP contribution in [0.5, 0.6) is 0 Å². The van der Waals surface area contributed by atoms with Gasteiger partial charge in [-0.1, -0.05) is 0 Å². The molecule has 1 aliphatic rings. The van der Waals surface area contributed by atoms with Crippen LogP contribution in [0.25, 0.3) is 0 Å². The van der Waals surface area contributed by atoms with Gasteiger partial charge >= 0.3 is 0 Å². The molecule has 112 valence electrons. The lowest BCUT2D eigenvalue weighted by atomic mass is 10.0. The Balaban J connectivity index is 2.50. The Kier molecular flexibility index (Phi) is 5.34. The minimum absolute atomic E-state index is 0.0493. The van der Waals surface area contributed by atoms with E-state index in [-0.39, 0.29) is 17.7 Å². The Labute approximate surface area is 116 Å². The Hall–Kier alpha value is -0.660. The molecule has 6 nitrogen and oxygen atoms in total. The highest BCUT2D eigenvalue weighted by molar-refractivity contribution is 7.89. The van der Waals surface area contributed by atoms with Crippen LogP contribution >= 0.6 is 0 Å². The van der Waals surface area contributed by atoms with Gasteiger partial charge in [-0.15, -0.1) is 0 Å². The van der Waals surface area contributed by atoms with E-state index in [2.05, 4.69) is 10.6 Å². The second kappa shape index (κ2) is 6.19. The highest BCUT2D eigenvalue weighted by Crippen LogP contribution is 2.15. The summed E-state index contributed by atoms with van der Waals surface area (Å²) in [6, 6.07) is 0.0587. The van der Waals surface area contributed by atoms with Crippen LogP contribution in [0, 0.1) is 0 Å². The standard InChI is InChI=1S/C12H25N3O3S/c1-5-19(17,18)15-8-6-10(7-9-15)14-11(16)12(2,3)13-4/h10,13H,5-9H2,1-4H3,(H,14,16). The predicted molar refractivity (Wildman–Crippen MR) is 75.3 cm³/mol. The molecule has 1 rings (SSSR count). The summed E-state index contributed by atoms with van der Waals surface area (Å²) in [6.45, 7) is 6.26. The average molecular weight is 291 g/mol. The maximum absolute atomic E-state index is 12.0. The molecule has 0 saturated carbocycles. The van der Waals surface area contributed by atoms with Crippen molar-refractivity contribution < 1.29 is 13.2 Å². The van der Waals surface area contributed by atoms with Crippen molar-refractivity contribution in [2.45, 2.75) is 45.2 Å². The first kappa shape index (κ1) is 16.4. The fraction of sp³-hybridized carbons (Fsp3) is 0.917. The molecule has 0 radical (unpaired) electrons. The molecule has 1 amide bonds. The largest absolute Gasteiger partial charge is 0.352 e. The molecular formula is C12H25N3O3S. The van der Waals surface area contributed by atoms with Crippen molar-refractivity contribution in [3.8, 4) is 0 Å². The molecule has 0 aromatic rings. The van der Waals surface area contributed by atoms with Crippen LogP contribution in [-0.4, -0.2) is 56.1 Å². The van der Waals surface area contributed by atoms with Crippen LogP contribution in [0.4, 0.5) is 0 Å². The summed E-state index contributed by atoms with van der Waals surface area (Å²) < 4.78 is 24.9. The lowest BCUT2D eigenvalue weighted by Gasteiger charge is -2.33.